The van der Waals surface area contributed by atoms with E-state index in [0.29, 0.717) is 0 Å². The third-order valence-corrected chi connectivity index (χ3v) is 6.15. The number of non-ortho nitro benzene ring substituents is 2. The number of carbonyl (C=O) groups is 2. The van der Waals surface area contributed by atoms with E-state index in [-0.39, 0.29) is 28.3 Å². The molecule has 0 aliphatic heterocycles. The molecule has 194 valence electrons. The maximum atomic E-state index is 12.7. The standard InChI is InChI=1S/C22H15N5O10S/c23-11-13-9-16(27(33)34)5-7-19(13)24-21(29)12-37-22(30)18-10-17(6-8-20(18)28)38(35,36)25-14-1-3-15(4-2-14)26(31)32/h1-10,25,28H,12H2,(H,24,29). The van der Waals surface area contributed by atoms with Crippen molar-refractivity contribution < 1.29 is 37.7 Å². The lowest BCUT2D eigenvalue weighted by molar-refractivity contribution is -0.385. The Bertz CT molecular complexity index is 1600. The number of hydrogen-bond donors (Lipinski definition) is 3. The Kier molecular flexibility index (Phi) is 7.83. The zero-order valence-corrected chi connectivity index (χ0v) is 19.7. The van der Waals surface area contributed by atoms with Crippen molar-refractivity contribution in [3.63, 3.8) is 0 Å². The van der Waals surface area contributed by atoms with Crippen LogP contribution in [-0.2, 0) is 19.6 Å². The highest BCUT2D eigenvalue weighted by molar-refractivity contribution is 7.92. The molecule has 15 nitrogen and oxygen atoms in total. The van der Waals surface area contributed by atoms with Crippen molar-refractivity contribution in [3.8, 4) is 11.8 Å². The number of benzene rings is 3. The van der Waals surface area contributed by atoms with Crippen molar-refractivity contribution >= 4 is 44.6 Å². The number of amides is 1. The van der Waals surface area contributed by atoms with Crippen molar-refractivity contribution in [3.05, 3.63) is 92.0 Å². The van der Waals surface area contributed by atoms with Gasteiger partial charge >= 0.3 is 5.97 Å². The molecule has 0 bridgehead atoms. The monoisotopic (exact) mass is 541 g/mol. The van der Waals surface area contributed by atoms with Gasteiger partial charge in [-0.15, -0.1) is 0 Å². The number of hydrogen-bond acceptors (Lipinski definition) is 11. The van der Waals surface area contributed by atoms with Gasteiger partial charge in [-0.2, -0.15) is 5.26 Å². The zero-order valence-electron chi connectivity index (χ0n) is 18.9. The van der Waals surface area contributed by atoms with Gasteiger partial charge in [-0.05, 0) is 36.4 Å². The number of esters is 1. The summed E-state index contributed by atoms with van der Waals surface area (Å²) in [6, 6.07) is 12.0. The van der Waals surface area contributed by atoms with Gasteiger partial charge in [-0.1, -0.05) is 0 Å². The number of rotatable bonds is 9. The van der Waals surface area contributed by atoms with E-state index in [1.54, 1.807) is 6.07 Å². The first-order chi connectivity index (χ1) is 17.9. The van der Waals surface area contributed by atoms with E-state index >= 15 is 0 Å². The van der Waals surface area contributed by atoms with E-state index in [0.717, 1.165) is 60.7 Å². The maximum Gasteiger partial charge on any atom is 0.342 e. The lowest BCUT2D eigenvalue weighted by Crippen LogP contribution is -2.21. The predicted octanol–water partition coefficient (Wildman–Crippen LogP) is 2.68. The molecule has 38 heavy (non-hydrogen) atoms. The molecule has 0 saturated heterocycles. The molecule has 3 aromatic rings. The molecule has 0 spiro atoms. The normalized spacial score (nSPS) is 10.6. The summed E-state index contributed by atoms with van der Waals surface area (Å²) < 4.78 is 32.4. The molecule has 3 rings (SSSR count). The van der Waals surface area contributed by atoms with Crippen LogP contribution in [0, 0.1) is 31.6 Å². The number of nitriles is 1. The molecule has 0 unspecified atom stereocenters. The molecular weight excluding hydrogens is 526 g/mol. The van der Waals surface area contributed by atoms with Crippen LogP contribution >= 0.6 is 0 Å². The summed E-state index contributed by atoms with van der Waals surface area (Å²) in [5.41, 5.74) is -1.52. The van der Waals surface area contributed by atoms with Crippen molar-refractivity contribution in [1.82, 2.24) is 0 Å². The Morgan fingerprint density at radius 2 is 1.61 bits per heavy atom. The molecule has 0 radical (unpaired) electrons. The van der Waals surface area contributed by atoms with Gasteiger partial charge in [-0.3, -0.25) is 29.7 Å². The summed E-state index contributed by atoms with van der Waals surface area (Å²) in [7, 11) is -4.31. The minimum absolute atomic E-state index is 0.00699. The summed E-state index contributed by atoms with van der Waals surface area (Å²) in [5.74, 6) is -2.83. The van der Waals surface area contributed by atoms with Crippen LogP contribution in [0.4, 0.5) is 22.7 Å². The van der Waals surface area contributed by atoms with Gasteiger partial charge in [0.1, 0.15) is 17.4 Å². The first kappa shape index (κ1) is 27.0. The second-order valence-corrected chi connectivity index (χ2v) is 8.99. The number of carbonyl (C=O) groups excluding carboxylic acids is 2. The summed E-state index contributed by atoms with van der Waals surface area (Å²) in [4.78, 5) is 44.3. The summed E-state index contributed by atoms with van der Waals surface area (Å²) in [6.07, 6.45) is 0. The van der Waals surface area contributed by atoms with E-state index in [1.165, 1.54) is 0 Å². The van der Waals surface area contributed by atoms with E-state index in [4.69, 9.17) is 10.00 Å². The highest BCUT2D eigenvalue weighted by atomic mass is 32.2. The van der Waals surface area contributed by atoms with Crippen LogP contribution in [0.5, 0.6) is 5.75 Å². The van der Waals surface area contributed by atoms with Crippen LogP contribution in [0.2, 0.25) is 0 Å². The Morgan fingerprint density at radius 3 is 2.21 bits per heavy atom. The molecule has 16 heteroatoms. The van der Waals surface area contributed by atoms with Gasteiger partial charge in [0.15, 0.2) is 6.61 Å². The lowest BCUT2D eigenvalue weighted by atomic mass is 10.1. The van der Waals surface area contributed by atoms with Gasteiger partial charge in [0.25, 0.3) is 27.3 Å². The van der Waals surface area contributed by atoms with Crippen LogP contribution in [0.15, 0.2) is 65.6 Å². The second kappa shape index (κ2) is 11.0. The summed E-state index contributed by atoms with van der Waals surface area (Å²) in [5, 5.41) is 43.0. The fourth-order valence-electron chi connectivity index (χ4n) is 2.95. The van der Waals surface area contributed by atoms with Crippen molar-refractivity contribution in [2.75, 3.05) is 16.6 Å². The molecule has 0 atom stereocenters. The molecule has 1 amide bonds. The number of ether oxygens (including phenoxy) is 1. The molecule has 3 N–H and O–H groups in total. The van der Waals surface area contributed by atoms with Crippen LogP contribution in [0.3, 0.4) is 0 Å². The molecule has 0 fully saturated rings. The number of anilines is 2. The molecule has 0 saturated carbocycles. The lowest BCUT2D eigenvalue weighted by Gasteiger charge is -2.11. The minimum Gasteiger partial charge on any atom is -0.507 e. The van der Waals surface area contributed by atoms with E-state index in [2.05, 4.69) is 10.0 Å². The van der Waals surface area contributed by atoms with Crippen molar-refractivity contribution in [2.45, 2.75) is 4.90 Å². The second-order valence-electron chi connectivity index (χ2n) is 7.31. The average molecular weight is 541 g/mol. The molecule has 0 aliphatic rings. The Hall–Kier alpha value is -5.56. The number of nitrogens with one attached hydrogen (secondary N) is 2. The fraction of sp³-hybridized carbons (Fsp3) is 0.0455. The number of phenolic OH excluding ortho intramolecular Hbond substituents is 1. The van der Waals surface area contributed by atoms with Crippen LogP contribution in [0.1, 0.15) is 15.9 Å². The van der Waals surface area contributed by atoms with Gasteiger partial charge in [0.2, 0.25) is 0 Å². The van der Waals surface area contributed by atoms with E-state index < -0.39 is 54.6 Å². The third kappa shape index (κ3) is 6.35. The van der Waals surface area contributed by atoms with Crippen LogP contribution in [-0.4, -0.2) is 41.9 Å². The van der Waals surface area contributed by atoms with Gasteiger partial charge in [0.05, 0.1) is 26.0 Å². The highest BCUT2D eigenvalue weighted by Gasteiger charge is 2.22. The zero-order chi connectivity index (χ0) is 28.0. The molecule has 0 aromatic heterocycles. The number of aromatic hydroxyl groups is 1. The Balaban J connectivity index is 1.70. The molecule has 0 heterocycles. The predicted molar refractivity (Wildman–Crippen MR) is 129 cm³/mol. The summed E-state index contributed by atoms with van der Waals surface area (Å²) in [6.45, 7) is -0.905. The smallest absolute Gasteiger partial charge is 0.342 e. The average Bonchev–Trinajstić information content (AvgIpc) is 2.87. The number of nitrogens with zero attached hydrogens (tertiary/aromatic N) is 3. The first-order valence-electron chi connectivity index (χ1n) is 10.2. The van der Waals surface area contributed by atoms with E-state index in [9.17, 15) is 43.3 Å². The van der Waals surface area contributed by atoms with Gasteiger partial charge in [0, 0.05) is 30.0 Å². The third-order valence-electron chi connectivity index (χ3n) is 4.77. The number of nitro groups is 2. The SMILES string of the molecule is N#Cc1cc([N+](=O)[O-])ccc1NC(=O)COC(=O)c1cc(S(=O)(=O)Nc2ccc([N+](=O)[O-])cc2)ccc1O. The number of nitro benzene ring substituents is 2. The fourth-order valence-corrected chi connectivity index (χ4v) is 4.04. The number of phenols is 1. The Morgan fingerprint density at radius 1 is 0.974 bits per heavy atom. The van der Waals surface area contributed by atoms with Crippen LogP contribution in [0.25, 0.3) is 0 Å². The van der Waals surface area contributed by atoms with Gasteiger partial charge in [-0.25, -0.2) is 13.2 Å². The number of sulfonamides is 1. The highest BCUT2D eigenvalue weighted by Crippen LogP contribution is 2.25. The van der Waals surface area contributed by atoms with Gasteiger partial charge < -0.3 is 15.2 Å². The molecule has 3 aromatic carbocycles. The Labute approximate surface area is 213 Å². The minimum atomic E-state index is -4.31. The topological polar surface area (TPSA) is 232 Å². The molecule has 0 aliphatic carbocycles. The largest absolute Gasteiger partial charge is 0.507 e. The van der Waals surface area contributed by atoms with Crippen LogP contribution < -0.4 is 10.0 Å². The van der Waals surface area contributed by atoms with E-state index in [1.807, 2.05) is 0 Å². The van der Waals surface area contributed by atoms with Crippen molar-refractivity contribution in [2.24, 2.45) is 0 Å². The maximum absolute atomic E-state index is 12.7. The van der Waals surface area contributed by atoms with Crippen molar-refractivity contribution in [1.29, 1.82) is 5.26 Å². The molecular formula is C22H15N5O10S. The summed E-state index contributed by atoms with van der Waals surface area (Å²) >= 11 is 0. The first-order valence-corrected chi connectivity index (χ1v) is 11.7. The quantitative estimate of drug-likeness (QED) is 0.202.